The van der Waals surface area contributed by atoms with E-state index in [-0.39, 0.29) is 0 Å². The van der Waals surface area contributed by atoms with Crippen molar-refractivity contribution in [3.8, 4) is 11.8 Å². The first kappa shape index (κ1) is 17.6. The lowest BCUT2D eigenvalue weighted by Crippen LogP contribution is -2.20. The molecule has 0 bridgehead atoms. The van der Waals surface area contributed by atoms with E-state index in [0.29, 0.717) is 5.92 Å². The van der Waals surface area contributed by atoms with Crippen LogP contribution in [0.15, 0.2) is 37.1 Å². The van der Waals surface area contributed by atoms with Crippen LogP contribution in [0, 0.1) is 17.8 Å². The highest BCUT2D eigenvalue weighted by atomic mass is 15.1. The van der Waals surface area contributed by atoms with Crippen LogP contribution in [0.4, 0.5) is 0 Å². The third kappa shape index (κ3) is 7.81. The molecule has 0 heterocycles. The molecule has 0 radical (unpaired) electrons. The van der Waals surface area contributed by atoms with Gasteiger partial charge in [-0.15, -0.1) is 12.5 Å². The number of hydrogen-bond acceptors (Lipinski definition) is 1. The monoisotopic (exact) mass is 285 g/mol. The van der Waals surface area contributed by atoms with Crippen molar-refractivity contribution in [2.45, 2.75) is 57.8 Å². The van der Waals surface area contributed by atoms with Crippen molar-refractivity contribution in [2.75, 3.05) is 13.6 Å². The fourth-order valence-electron chi connectivity index (χ4n) is 2.65. The van der Waals surface area contributed by atoms with E-state index in [4.69, 9.17) is 0 Å². The molecule has 1 rings (SSSR count). The van der Waals surface area contributed by atoms with Crippen LogP contribution in [0.3, 0.4) is 0 Å². The quantitative estimate of drug-likeness (QED) is 0.409. The summed E-state index contributed by atoms with van der Waals surface area (Å²) in [4.78, 5) is 2.22. The SMILES string of the molecule is C=CCCC(=C)N(C)CC(=C)CCC1C#CCCCCC1. The molecule has 0 spiro atoms. The molecule has 1 heteroatoms. The Morgan fingerprint density at radius 2 is 2.05 bits per heavy atom. The fraction of sp³-hybridized carbons (Fsp3) is 0.600. The van der Waals surface area contributed by atoms with Gasteiger partial charge in [0.1, 0.15) is 0 Å². The van der Waals surface area contributed by atoms with Gasteiger partial charge in [0.2, 0.25) is 0 Å². The highest BCUT2D eigenvalue weighted by Gasteiger charge is 2.09. The van der Waals surface area contributed by atoms with Crippen LogP contribution in [-0.2, 0) is 0 Å². The zero-order valence-corrected chi connectivity index (χ0v) is 13.8. The molecule has 0 aromatic heterocycles. The van der Waals surface area contributed by atoms with Crippen LogP contribution < -0.4 is 0 Å². The molecule has 0 aromatic carbocycles. The van der Waals surface area contributed by atoms with Gasteiger partial charge in [0.05, 0.1) is 0 Å². The Hall–Kier alpha value is -1.42. The molecule has 0 fully saturated rings. The van der Waals surface area contributed by atoms with Gasteiger partial charge in [-0.05, 0) is 38.5 Å². The van der Waals surface area contributed by atoms with Crippen LogP contribution in [0.2, 0.25) is 0 Å². The predicted molar refractivity (Wildman–Crippen MR) is 93.9 cm³/mol. The van der Waals surface area contributed by atoms with Crippen LogP contribution >= 0.6 is 0 Å². The van der Waals surface area contributed by atoms with E-state index in [1.165, 1.54) is 43.4 Å². The molecule has 0 saturated heterocycles. The highest BCUT2D eigenvalue weighted by molar-refractivity contribution is 5.08. The Bertz CT molecular complexity index is 407. The first-order valence-corrected chi connectivity index (χ1v) is 8.28. The molecular weight excluding hydrogens is 254 g/mol. The van der Waals surface area contributed by atoms with E-state index >= 15 is 0 Å². The lowest BCUT2D eigenvalue weighted by Gasteiger charge is -2.23. The van der Waals surface area contributed by atoms with Crippen molar-refractivity contribution in [3.05, 3.63) is 37.1 Å². The lowest BCUT2D eigenvalue weighted by molar-refractivity contribution is 0.424. The summed E-state index contributed by atoms with van der Waals surface area (Å²) in [7, 11) is 2.10. The second-order valence-corrected chi connectivity index (χ2v) is 6.16. The zero-order valence-electron chi connectivity index (χ0n) is 13.8. The molecule has 0 saturated carbocycles. The molecule has 1 aliphatic rings. The van der Waals surface area contributed by atoms with Gasteiger partial charge in [-0.3, -0.25) is 0 Å². The van der Waals surface area contributed by atoms with E-state index in [2.05, 4.69) is 43.5 Å². The molecule has 116 valence electrons. The maximum Gasteiger partial charge on any atom is 0.0379 e. The van der Waals surface area contributed by atoms with Crippen LogP contribution in [0.5, 0.6) is 0 Å². The van der Waals surface area contributed by atoms with Gasteiger partial charge in [0.15, 0.2) is 0 Å². The van der Waals surface area contributed by atoms with Crippen molar-refractivity contribution in [1.29, 1.82) is 0 Å². The Kier molecular flexibility index (Phi) is 8.67. The topological polar surface area (TPSA) is 3.24 Å². The van der Waals surface area contributed by atoms with E-state index in [9.17, 15) is 0 Å². The first-order valence-electron chi connectivity index (χ1n) is 8.28. The van der Waals surface area contributed by atoms with E-state index in [1.807, 2.05) is 6.08 Å². The van der Waals surface area contributed by atoms with Crippen molar-refractivity contribution in [1.82, 2.24) is 4.90 Å². The summed E-state index contributed by atoms with van der Waals surface area (Å²) in [5.74, 6) is 7.36. The molecule has 1 aliphatic carbocycles. The molecule has 1 unspecified atom stereocenters. The number of nitrogens with zero attached hydrogens (tertiary/aromatic N) is 1. The first-order chi connectivity index (χ1) is 10.1. The molecule has 0 aromatic rings. The predicted octanol–water partition coefficient (Wildman–Crippen LogP) is 5.32. The Balaban J connectivity index is 2.29. The maximum absolute atomic E-state index is 4.23. The average molecular weight is 285 g/mol. The lowest BCUT2D eigenvalue weighted by atomic mass is 9.92. The van der Waals surface area contributed by atoms with E-state index < -0.39 is 0 Å². The molecule has 0 N–H and O–H groups in total. The zero-order chi connectivity index (χ0) is 15.5. The van der Waals surface area contributed by atoms with Gasteiger partial charge in [-0.25, -0.2) is 0 Å². The summed E-state index contributed by atoms with van der Waals surface area (Å²) < 4.78 is 0. The van der Waals surface area contributed by atoms with Crippen molar-refractivity contribution in [3.63, 3.8) is 0 Å². The Morgan fingerprint density at radius 3 is 2.81 bits per heavy atom. The third-order valence-corrected chi connectivity index (χ3v) is 4.14. The van der Waals surface area contributed by atoms with Gasteiger partial charge in [0.25, 0.3) is 0 Å². The minimum absolute atomic E-state index is 0.580. The van der Waals surface area contributed by atoms with Gasteiger partial charge in [-0.1, -0.05) is 43.6 Å². The highest BCUT2D eigenvalue weighted by Crippen LogP contribution is 2.20. The van der Waals surface area contributed by atoms with Gasteiger partial charge < -0.3 is 4.90 Å². The second-order valence-electron chi connectivity index (χ2n) is 6.16. The summed E-state index contributed by atoms with van der Waals surface area (Å²) in [6.45, 7) is 13.0. The molecule has 21 heavy (non-hydrogen) atoms. The Labute approximate surface area is 131 Å². The van der Waals surface area contributed by atoms with Crippen LogP contribution in [-0.4, -0.2) is 18.5 Å². The third-order valence-electron chi connectivity index (χ3n) is 4.14. The standard InChI is InChI=1S/C20H31N/c1-5-6-12-19(3)21(4)17-18(2)15-16-20-13-10-8-7-9-11-14-20/h5,20H,1-3,6-10,12-13,15-17H2,4H3. The molecule has 1 atom stereocenters. The van der Waals surface area contributed by atoms with Crippen LogP contribution in [0.1, 0.15) is 57.8 Å². The molecule has 0 aliphatic heterocycles. The number of hydrogen-bond donors (Lipinski definition) is 0. The summed E-state index contributed by atoms with van der Waals surface area (Å²) in [6, 6.07) is 0. The second kappa shape index (κ2) is 10.3. The number of allylic oxidation sites excluding steroid dienone is 2. The average Bonchev–Trinajstić information content (AvgIpc) is 2.43. The normalized spacial score (nSPS) is 17.9. The van der Waals surface area contributed by atoms with E-state index in [0.717, 1.165) is 32.2 Å². The van der Waals surface area contributed by atoms with Gasteiger partial charge >= 0.3 is 0 Å². The molecule has 1 nitrogen and oxygen atoms in total. The van der Waals surface area contributed by atoms with Crippen molar-refractivity contribution in [2.24, 2.45) is 5.92 Å². The number of rotatable bonds is 9. The minimum atomic E-state index is 0.580. The smallest absolute Gasteiger partial charge is 0.0379 e. The summed E-state index contributed by atoms with van der Waals surface area (Å²) in [5, 5.41) is 0. The number of likely N-dealkylation sites (N-methyl/N-ethyl adjacent to an activating group) is 1. The van der Waals surface area contributed by atoms with E-state index in [1.54, 1.807) is 0 Å². The van der Waals surface area contributed by atoms with Gasteiger partial charge in [0, 0.05) is 31.6 Å². The molecular formula is C20H31N. The fourth-order valence-corrected chi connectivity index (χ4v) is 2.65. The van der Waals surface area contributed by atoms with Gasteiger partial charge in [-0.2, -0.15) is 0 Å². The minimum Gasteiger partial charge on any atom is -0.374 e. The van der Waals surface area contributed by atoms with Crippen molar-refractivity contribution >= 4 is 0 Å². The maximum atomic E-state index is 4.23. The summed E-state index contributed by atoms with van der Waals surface area (Å²) in [5.41, 5.74) is 2.46. The van der Waals surface area contributed by atoms with Crippen molar-refractivity contribution < 1.29 is 0 Å². The summed E-state index contributed by atoms with van der Waals surface area (Å²) >= 11 is 0. The molecule has 0 amide bonds. The summed E-state index contributed by atoms with van der Waals surface area (Å²) in [6.07, 6.45) is 12.5. The largest absolute Gasteiger partial charge is 0.374 e. The van der Waals surface area contributed by atoms with Crippen LogP contribution in [0.25, 0.3) is 0 Å². The Morgan fingerprint density at radius 1 is 1.24 bits per heavy atom.